The summed E-state index contributed by atoms with van der Waals surface area (Å²) >= 11 is 0. The highest BCUT2D eigenvalue weighted by Crippen LogP contribution is 2.37. The summed E-state index contributed by atoms with van der Waals surface area (Å²) < 4.78 is 30.8. The molecule has 3 aliphatic rings. The maximum absolute atomic E-state index is 13.0. The van der Waals surface area contributed by atoms with Gasteiger partial charge in [0.2, 0.25) is 11.8 Å². The number of hydrogen-bond donors (Lipinski definition) is 3. The highest BCUT2D eigenvalue weighted by Gasteiger charge is 2.46. The zero-order valence-electron chi connectivity index (χ0n) is 21.0. The summed E-state index contributed by atoms with van der Waals surface area (Å²) in [5.74, 6) is 0.0452. The summed E-state index contributed by atoms with van der Waals surface area (Å²) in [6.07, 6.45) is 8.20. The number of hydrogen-bond acceptors (Lipinski definition) is 8. The van der Waals surface area contributed by atoms with Gasteiger partial charge in [-0.1, -0.05) is 18.2 Å². The van der Waals surface area contributed by atoms with Crippen molar-refractivity contribution in [1.29, 1.82) is 0 Å². The van der Waals surface area contributed by atoms with Crippen LogP contribution in [0.15, 0.2) is 65.3 Å². The maximum Gasteiger partial charge on any atom is 0.387 e. The third-order valence-corrected chi connectivity index (χ3v) is 7.20. The zero-order chi connectivity index (χ0) is 27.0. The van der Waals surface area contributed by atoms with Crippen molar-refractivity contribution in [2.24, 2.45) is 10.9 Å². The van der Waals surface area contributed by atoms with Gasteiger partial charge in [-0.05, 0) is 32.8 Å². The van der Waals surface area contributed by atoms with Crippen LogP contribution >= 0.6 is 0 Å². The number of aliphatic carboxylic acids is 1. The van der Waals surface area contributed by atoms with E-state index in [-0.39, 0.29) is 17.2 Å². The number of quaternary nitrogens is 1. The first kappa shape index (κ1) is 25.7. The van der Waals surface area contributed by atoms with Gasteiger partial charge in [0.25, 0.3) is 0 Å². The molecule has 1 aromatic heterocycles. The lowest BCUT2D eigenvalue weighted by Crippen LogP contribution is -3.15. The second kappa shape index (κ2) is 10.1. The number of carbonyl (C=O) groups is 1. The van der Waals surface area contributed by atoms with Crippen LogP contribution in [0.4, 0.5) is 20.4 Å². The number of piperidine rings is 1. The molecule has 1 fully saturated rings. The molecule has 0 amide bonds. The number of fused-ring (bicyclic) bond motifs is 1. The van der Waals surface area contributed by atoms with E-state index in [2.05, 4.69) is 15.0 Å². The summed E-state index contributed by atoms with van der Waals surface area (Å²) in [4.78, 5) is 29.5. The molecule has 200 valence electrons. The summed E-state index contributed by atoms with van der Waals surface area (Å²) in [5.41, 5.74) is 0.428. The molecule has 2 atom stereocenters. The van der Waals surface area contributed by atoms with Gasteiger partial charge in [-0.15, -0.1) is 0 Å². The van der Waals surface area contributed by atoms with Gasteiger partial charge in [0.1, 0.15) is 11.4 Å². The standard InChI is InChI=1S/C26H28F2N6O4/c1-16-22(26(2,37)19-5-3-4-6-20(19)38-24(27)28)34-15-33(12-9-21(34)31-16)18-13-29-25(30-14-18)32-10-7-17(8-11-32)23(35)36/h3-6,9,12-14,17,24,37H,7-8,10-11,15H2,1-2H3,(H,35,36)/p+1. The van der Waals surface area contributed by atoms with E-state index in [0.29, 0.717) is 55.8 Å². The van der Waals surface area contributed by atoms with Crippen LogP contribution in [0, 0.1) is 5.92 Å². The maximum atomic E-state index is 13.0. The van der Waals surface area contributed by atoms with E-state index in [4.69, 9.17) is 4.74 Å². The molecule has 2 unspecified atom stereocenters. The lowest BCUT2D eigenvalue weighted by molar-refractivity contribution is -0.767. The minimum atomic E-state index is -3.02. The highest BCUT2D eigenvalue weighted by atomic mass is 19.3. The van der Waals surface area contributed by atoms with Gasteiger partial charge in [0.05, 0.1) is 24.0 Å². The normalized spacial score (nSPS) is 21.4. The number of alkyl halides is 2. The van der Waals surface area contributed by atoms with Gasteiger partial charge in [0, 0.05) is 30.9 Å². The fourth-order valence-corrected chi connectivity index (χ4v) is 5.31. The van der Waals surface area contributed by atoms with Crippen molar-refractivity contribution in [2.45, 2.75) is 38.9 Å². The number of anilines is 2. The Morgan fingerprint density at radius 1 is 1.21 bits per heavy atom. The number of ether oxygens (including phenoxy) is 1. The number of halogens is 2. The third-order valence-electron chi connectivity index (χ3n) is 7.20. The van der Waals surface area contributed by atoms with E-state index in [1.165, 1.54) is 6.07 Å². The van der Waals surface area contributed by atoms with Crippen molar-refractivity contribution in [2.75, 3.05) is 29.6 Å². The number of carboxylic acids is 1. The van der Waals surface area contributed by atoms with Gasteiger partial charge >= 0.3 is 12.6 Å². The van der Waals surface area contributed by atoms with Crippen molar-refractivity contribution in [3.63, 3.8) is 0 Å². The third kappa shape index (κ3) is 4.84. The Bertz CT molecular complexity index is 1300. The molecule has 12 heteroatoms. The Kier molecular flexibility index (Phi) is 6.84. The number of nitrogens with one attached hydrogen (secondary N) is 1. The highest BCUT2D eigenvalue weighted by molar-refractivity contribution is 5.90. The lowest BCUT2D eigenvalue weighted by Gasteiger charge is -2.34. The molecule has 0 saturated carbocycles. The Morgan fingerprint density at radius 3 is 2.55 bits per heavy atom. The number of aliphatic hydroxyl groups is 1. The second-order valence-corrected chi connectivity index (χ2v) is 9.67. The fraction of sp³-hybridized carbons (Fsp3) is 0.385. The molecule has 3 aliphatic heterocycles. The predicted molar refractivity (Wildman–Crippen MR) is 135 cm³/mol. The van der Waals surface area contributed by atoms with E-state index >= 15 is 0 Å². The first-order valence-corrected chi connectivity index (χ1v) is 12.3. The minimum Gasteiger partial charge on any atom is -0.481 e. The molecule has 4 heterocycles. The number of carboxylic acid groups (broad SMARTS) is 1. The minimum absolute atomic E-state index is 0.0959. The van der Waals surface area contributed by atoms with Crippen LogP contribution < -0.4 is 19.4 Å². The number of aliphatic imine (C=N–C) groups is 1. The summed E-state index contributed by atoms with van der Waals surface area (Å²) in [5, 5.41) is 20.9. The Hall–Kier alpha value is -3.90. The average molecular weight is 528 g/mol. The fourth-order valence-electron chi connectivity index (χ4n) is 5.31. The van der Waals surface area contributed by atoms with Gasteiger partial charge in [-0.25, -0.2) is 14.9 Å². The van der Waals surface area contributed by atoms with E-state index < -0.39 is 18.2 Å². The molecule has 0 aliphatic carbocycles. The van der Waals surface area contributed by atoms with Crippen molar-refractivity contribution < 1.29 is 33.4 Å². The van der Waals surface area contributed by atoms with E-state index in [1.807, 2.05) is 22.1 Å². The summed E-state index contributed by atoms with van der Waals surface area (Å²) in [6, 6.07) is 6.21. The number of allylic oxidation sites excluding steroid dienone is 1. The van der Waals surface area contributed by atoms with Gasteiger partial charge in [-0.2, -0.15) is 13.8 Å². The monoisotopic (exact) mass is 527 g/mol. The number of aromatic nitrogens is 2. The zero-order valence-corrected chi connectivity index (χ0v) is 21.0. The number of benzene rings is 1. The van der Waals surface area contributed by atoms with Crippen LogP contribution in [0.2, 0.25) is 0 Å². The van der Waals surface area contributed by atoms with E-state index in [0.717, 1.165) is 10.6 Å². The van der Waals surface area contributed by atoms with Crippen LogP contribution in [0.5, 0.6) is 5.75 Å². The van der Waals surface area contributed by atoms with Crippen LogP contribution in [0.1, 0.15) is 32.3 Å². The van der Waals surface area contributed by atoms with Crippen LogP contribution in [-0.2, 0) is 10.4 Å². The van der Waals surface area contributed by atoms with Crippen molar-refractivity contribution in [3.8, 4) is 5.75 Å². The van der Waals surface area contributed by atoms with Crippen molar-refractivity contribution >= 4 is 23.4 Å². The summed E-state index contributed by atoms with van der Waals surface area (Å²) in [6.45, 7) is 1.84. The molecule has 1 saturated heterocycles. The number of nitrogens with zero attached hydrogens (tertiary/aromatic N) is 5. The molecule has 38 heavy (non-hydrogen) atoms. The first-order valence-electron chi connectivity index (χ1n) is 12.3. The van der Waals surface area contributed by atoms with Gasteiger partial charge in [0.15, 0.2) is 18.0 Å². The van der Waals surface area contributed by atoms with Gasteiger partial charge < -0.3 is 19.8 Å². The molecule has 1 aromatic carbocycles. The van der Waals surface area contributed by atoms with Crippen LogP contribution in [-0.4, -0.2) is 58.4 Å². The predicted octanol–water partition coefficient (Wildman–Crippen LogP) is 2.11. The van der Waals surface area contributed by atoms with Crippen LogP contribution in [0.3, 0.4) is 0 Å². The SMILES string of the molecule is CC1=C(C(C)(O)c2ccccc2OC(F)F)[NH+]2CN(c3cnc(N4CCC(C(=O)O)CC4)nc3)C=CC2=N1. The van der Waals surface area contributed by atoms with E-state index in [1.54, 1.807) is 44.4 Å². The van der Waals surface area contributed by atoms with E-state index in [9.17, 15) is 23.8 Å². The molecule has 2 aromatic rings. The molecule has 0 spiro atoms. The van der Waals surface area contributed by atoms with Crippen molar-refractivity contribution in [3.05, 3.63) is 65.9 Å². The molecule has 5 rings (SSSR count). The molecule has 0 bridgehead atoms. The van der Waals surface area contributed by atoms with Crippen molar-refractivity contribution in [1.82, 2.24) is 9.97 Å². The first-order chi connectivity index (χ1) is 18.1. The molecular weight excluding hydrogens is 498 g/mol. The Labute approximate surface area is 218 Å². The topological polar surface area (TPSA) is 116 Å². The molecule has 0 radical (unpaired) electrons. The molecular formula is C26H29F2N6O4+. The van der Waals surface area contributed by atoms with Crippen LogP contribution in [0.25, 0.3) is 0 Å². The Balaban J connectivity index is 1.34. The smallest absolute Gasteiger partial charge is 0.387 e. The lowest BCUT2D eigenvalue weighted by atomic mass is 9.90. The largest absolute Gasteiger partial charge is 0.481 e. The van der Waals surface area contributed by atoms with Gasteiger partial charge in [-0.3, -0.25) is 9.69 Å². The molecule has 3 N–H and O–H groups in total. The quantitative estimate of drug-likeness (QED) is 0.502. The number of amidine groups is 1. The Morgan fingerprint density at radius 2 is 1.89 bits per heavy atom. The summed E-state index contributed by atoms with van der Waals surface area (Å²) in [7, 11) is 0. The average Bonchev–Trinajstić information content (AvgIpc) is 3.24. The number of para-hydroxylation sites is 1. The molecule has 10 nitrogen and oxygen atoms in total. The number of rotatable bonds is 7. The second-order valence-electron chi connectivity index (χ2n) is 9.67.